The molecule has 1 saturated carbocycles. The highest BCUT2D eigenvalue weighted by Crippen LogP contribution is 2.52. The molecule has 2 fully saturated rings. The van der Waals surface area contributed by atoms with Gasteiger partial charge in [-0.25, -0.2) is 4.79 Å². The summed E-state index contributed by atoms with van der Waals surface area (Å²) in [5.41, 5.74) is 0.568. The van der Waals surface area contributed by atoms with Gasteiger partial charge in [0.05, 0.1) is 11.8 Å². The van der Waals surface area contributed by atoms with Crippen LogP contribution in [0.2, 0.25) is 0 Å². The third kappa shape index (κ3) is 3.15. The van der Waals surface area contributed by atoms with Crippen molar-refractivity contribution < 1.29 is 23.9 Å². The first-order chi connectivity index (χ1) is 13.4. The van der Waals surface area contributed by atoms with Crippen molar-refractivity contribution in [3.8, 4) is 0 Å². The fourth-order valence-corrected chi connectivity index (χ4v) is 4.66. The molecule has 0 spiro atoms. The fraction of sp³-hybridized carbons (Fsp3) is 0.400. The van der Waals surface area contributed by atoms with Gasteiger partial charge in [-0.05, 0) is 49.4 Å². The van der Waals surface area contributed by atoms with E-state index in [1.165, 1.54) is 6.92 Å². The zero-order valence-electron chi connectivity index (χ0n) is 15.1. The van der Waals surface area contributed by atoms with E-state index < -0.39 is 24.5 Å². The largest absolute Gasteiger partial charge is 0.454 e. The Labute approximate surface area is 170 Å². The number of ether oxygens (including phenoxy) is 1. The van der Waals surface area contributed by atoms with Crippen LogP contribution in [0.4, 0.5) is 5.69 Å². The molecular weight excluding hydrogens is 428 g/mol. The van der Waals surface area contributed by atoms with Crippen LogP contribution in [0.25, 0.3) is 0 Å². The lowest BCUT2D eigenvalue weighted by Gasteiger charge is -2.23. The number of benzene rings is 1. The molecule has 2 bridgehead atoms. The number of anilines is 1. The van der Waals surface area contributed by atoms with Crippen molar-refractivity contribution in [2.45, 2.75) is 19.4 Å². The van der Waals surface area contributed by atoms with Gasteiger partial charge in [-0.2, -0.15) is 0 Å². The number of likely N-dealkylation sites (tertiary alicyclic amines) is 1. The molecule has 4 rings (SSSR count). The molecule has 0 unspecified atom stereocenters. The third-order valence-corrected chi connectivity index (χ3v) is 6.24. The second-order valence-electron chi connectivity index (χ2n) is 7.39. The zero-order chi connectivity index (χ0) is 20.0. The van der Waals surface area contributed by atoms with Crippen molar-refractivity contribution in [1.82, 2.24) is 4.90 Å². The number of imide groups is 1. The smallest absolute Gasteiger partial charge is 0.329 e. The van der Waals surface area contributed by atoms with Crippen molar-refractivity contribution in [3.05, 3.63) is 40.9 Å². The van der Waals surface area contributed by atoms with Crippen molar-refractivity contribution in [2.75, 3.05) is 11.9 Å². The molecule has 1 aromatic carbocycles. The van der Waals surface area contributed by atoms with E-state index in [4.69, 9.17) is 4.74 Å². The van der Waals surface area contributed by atoms with Crippen LogP contribution in [-0.2, 0) is 23.9 Å². The number of hydrogen-bond acceptors (Lipinski definition) is 5. The number of nitrogens with zero attached hydrogens (tertiary/aromatic N) is 1. The monoisotopic (exact) mass is 446 g/mol. The minimum Gasteiger partial charge on any atom is -0.454 e. The predicted octanol–water partition coefficient (Wildman–Crippen LogP) is 2.13. The number of nitrogens with one attached hydrogen (secondary N) is 1. The van der Waals surface area contributed by atoms with Gasteiger partial charge in [0.25, 0.3) is 5.91 Å². The van der Waals surface area contributed by atoms with Gasteiger partial charge in [0, 0.05) is 10.2 Å². The van der Waals surface area contributed by atoms with Gasteiger partial charge in [-0.15, -0.1) is 0 Å². The van der Waals surface area contributed by atoms with Gasteiger partial charge in [0.2, 0.25) is 11.8 Å². The van der Waals surface area contributed by atoms with Crippen molar-refractivity contribution in [1.29, 1.82) is 0 Å². The van der Waals surface area contributed by atoms with E-state index in [1.807, 2.05) is 12.2 Å². The Balaban J connectivity index is 1.34. The number of fused-ring (bicyclic) bond motifs is 5. The summed E-state index contributed by atoms with van der Waals surface area (Å²) >= 11 is 3.30. The number of amides is 3. The lowest BCUT2D eigenvalue weighted by Crippen LogP contribution is -2.45. The quantitative estimate of drug-likeness (QED) is 0.424. The van der Waals surface area contributed by atoms with Crippen LogP contribution in [-0.4, -0.2) is 41.2 Å². The molecule has 0 radical (unpaired) electrons. The van der Waals surface area contributed by atoms with Crippen molar-refractivity contribution in [2.24, 2.45) is 23.7 Å². The summed E-state index contributed by atoms with van der Waals surface area (Å²) in [5.74, 6) is -2.45. The summed E-state index contributed by atoms with van der Waals surface area (Å²) < 4.78 is 5.91. The van der Waals surface area contributed by atoms with E-state index in [9.17, 15) is 19.2 Å². The Bertz CT molecular complexity index is 851. The standard InChI is InChI=1S/C20H19BrN2O5/c1-10(20(27)28-9-15(24)22-14-6-4-13(21)5-7-14)23-18(25)16-11-2-3-12(8-11)17(16)19(23)26/h2-7,10-12,16-17H,8-9H2,1H3,(H,22,24)/t10-,11+,12+,16-,17-/m1/s1. The molecule has 1 heterocycles. The molecule has 28 heavy (non-hydrogen) atoms. The Kier molecular flexibility index (Phi) is 4.82. The van der Waals surface area contributed by atoms with Crippen molar-refractivity contribution >= 4 is 45.3 Å². The topological polar surface area (TPSA) is 92.8 Å². The van der Waals surface area contributed by atoms with E-state index in [-0.39, 0.29) is 35.5 Å². The van der Waals surface area contributed by atoms with Gasteiger partial charge in [0.15, 0.2) is 6.61 Å². The molecule has 1 N–H and O–H groups in total. The Morgan fingerprint density at radius 1 is 1.14 bits per heavy atom. The minimum absolute atomic E-state index is 0.0800. The van der Waals surface area contributed by atoms with E-state index >= 15 is 0 Å². The van der Waals surface area contributed by atoms with E-state index in [2.05, 4.69) is 21.2 Å². The van der Waals surface area contributed by atoms with Crippen LogP contribution < -0.4 is 5.32 Å². The summed E-state index contributed by atoms with van der Waals surface area (Å²) in [5, 5.41) is 2.61. The summed E-state index contributed by atoms with van der Waals surface area (Å²) in [6, 6.07) is 5.90. The molecule has 3 amide bonds. The van der Waals surface area contributed by atoms with Gasteiger partial charge < -0.3 is 10.1 Å². The van der Waals surface area contributed by atoms with E-state index in [0.717, 1.165) is 15.8 Å². The first-order valence-corrected chi connectivity index (χ1v) is 9.93. The zero-order valence-corrected chi connectivity index (χ0v) is 16.7. The van der Waals surface area contributed by atoms with E-state index in [1.54, 1.807) is 24.3 Å². The molecule has 7 nitrogen and oxygen atoms in total. The Morgan fingerprint density at radius 2 is 1.71 bits per heavy atom. The Hall–Kier alpha value is -2.48. The number of rotatable bonds is 5. The fourth-order valence-electron chi connectivity index (χ4n) is 4.40. The molecule has 0 aromatic heterocycles. The van der Waals surface area contributed by atoms with Gasteiger partial charge in [-0.1, -0.05) is 28.1 Å². The second kappa shape index (κ2) is 7.16. The summed E-state index contributed by atoms with van der Waals surface area (Å²) in [6.45, 7) is 0.969. The minimum atomic E-state index is -1.05. The molecule has 5 atom stereocenters. The van der Waals surface area contributed by atoms with Gasteiger partial charge in [-0.3, -0.25) is 19.3 Å². The molecule has 1 saturated heterocycles. The maximum absolute atomic E-state index is 12.7. The highest BCUT2D eigenvalue weighted by atomic mass is 79.9. The average molecular weight is 447 g/mol. The Morgan fingerprint density at radius 3 is 2.29 bits per heavy atom. The van der Waals surface area contributed by atoms with Crippen LogP contribution in [0.15, 0.2) is 40.9 Å². The highest BCUT2D eigenvalue weighted by Gasteiger charge is 2.60. The molecule has 3 aliphatic rings. The average Bonchev–Trinajstić information content (AvgIpc) is 3.35. The van der Waals surface area contributed by atoms with E-state index in [0.29, 0.717) is 5.69 Å². The maximum Gasteiger partial charge on any atom is 0.329 e. The van der Waals surface area contributed by atoms with Crippen molar-refractivity contribution in [3.63, 3.8) is 0 Å². The van der Waals surface area contributed by atoms with Crippen LogP contribution in [0.5, 0.6) is 0 Å². The maximum atomic E-state index is 12.7. The SMILES string of the molecule is C[C@H](C(=O)OCC(=O)Nc1ccc(Br)cc1)N1C(=O)[C@H]2[C@H](C1=O)[C@H]1C=C[C@H]2C1. The highest BCUT2D eigenvalue weighted by molar-refractivity contribution is 9.10. The van der Waals surface area contributed by atoms with Crippen LogP contribution in [0.1, 0.15) is 13.3 Å². The molecule has 2 aliphatic carbocycles. The predicted molar refractivity (Wildman–Crippen MR) is 103 cm³/mol. The molecule has 146 valence electrons. The molecule has 8 heteroatoms. The number of carbonyl (C=O) groups excluding carboxylic acids is 4. The van der Waals surface area contributed by atoms with Crippen LogP contribution in [0, 0.1) is 23.7 Å². The third-order valence-electron chi connectivity index (χ3n) is 5.71. The summed E-state index contributed by atoms with van der Waals surface area (Å²) in [6.07, 6.45) is 4.82. The first kappa shape index (κ1) is 18.9. The number of allylic oxidation sites excluding steroid dienone is 2. The molecular formula is C20H19BrN2O5. The van der Waals surface area contributed by atoms with Gasteiger partial charge in [0.1, 0.15) is 6.04 Å². The number of carbonyl (C=O) groups is 4. The number of esters is 1. The lowest BCUT2D eigenvalue weighted by atomic mass is 9.85. The summed E-state index contributed by atoms with van der Waals surface area (Å²) in [7, 11) is 0. The number of hydrogen-bond donors (Lipinski definition) is 1. The molecule has 1 aliphatic heterocycles. The van der Waals surface area contributed by atoms with Gasteiger partial charge >= 0.3 is 5.97 Å². The van der Waals surface area contributed by atoms with Crippen LogP contribution >= 0.6 is 15.9 Å². The normalized spacial score (nSPS) is 28.4. The molecule has 1 aromatic rings. The lowest BCUT2D eigenvalue weighted by molar-refractivity contribution is -0.159. The number of halogens is 1. The van der Waals surface area contributed by atoms with Crippen LogP contribution in [0.3, 0.4) is 0 Å². The summed E-state index contributed by atoms with van der Waals surface area (Å²) in [4.78, 5) is 50.8. The first-order valence-electron chi connectivity index (χ1n) is 9.14. The second-order valence-corrected chi connectivity index (χ2v) is 8.30.